The maximum Gasteiger partial charge on any atom is 0.0131 e. The molecule has 87 heavy (non-hydrogen) atoms. The van der Waals surface area contributed by atoms with E-state index < -0.39 is 0 Å². The predicted octanol–water partition coefficient (Wildman–Crippen LogP) is 23.5. The Morgan fingerprint density at radius 2 is 0.230 bits per heavy atom. The lowest BCUT2D eigenvalue weighted by molar-refractivity contribution is -0.0799. The second kappa shape index (κ2) is 31.2. The predicted molar refractivity (Wildman–Crippen MR) is 372 cm³/mol. The van der Waals surface area contributed by atoms with E-state index in [2.05, 4.69) is 56.2 Å². The maximum absolute atomic E-state index is 3.59. The minimum Gasteiger partial charge on any atom is -0.294 e. The molecule has 0 aromatic rings. The zero-order chi connectivity index (χ0) is 59.4. The van der Waals surface area contributed by atoms with E-state index in [9.17, 15) is 0 Å². The summed E-state index contributed by atoms with van der Waals surface area (Å²) >= 11 is 0. The molecular weight excluding hydrogens is 1050 g/mol. The van der Waals surface area contributed by atoms with E-state index >= 15 is 0 Å². The lowest BCUT2D eigenvalue weighted by atomic mass is 9.67. The van der Waals surface area contributed by atoms with Gasteiger partial charge in [-0.1, -0.05) is 119 Å². The van der Waals surface area contributed by atoms with Gasteiger partial charge >= 0.3 is 0 Å². The summed E-state index contributed by atoms with van der Waals surface area (Å²) in [5.41, 5.74) is 0. The van der Waals surface area contributed by atoms with Crippen molar-refractivity contribution < 1.29 is 0 Å². The third-order valence-corrected chi connectivity index (χ3v) is 32.2. The molecule has 0 aromatic carbocycles. The second-order valence-electron chi connectivity index (χ2n) is 37.5. The van der Waals surface area contributed by atoms with Crippen LogP contribution >= 0.6 is 0 Å². The van der Waals surface area contributed by atoms with Gasteiger partial charge in [0.1, 0.15) is 0 Å². The molecule has 13 fully saturated rings. The van der Waals surface area contributed by atoms with Gasteiger partial charge in [-0.2, -0.15) is 0 Å². The van der Waals surface area contributed by atoms with Crippen LogP contribution in [-0.4, -0.2) is 69.1 Å². The van der Waals surface area contributed by atoms with Gasteiger partial charge in [0.2, 0.25) is 0 Å². The van der Waals surface area contributed by atoms with E-state index in [-0.39, 0.29) is 0 Å². The first-order valence-electron chi connectivity index (χ1n) is 41.8. The van der Waals surface area contributed by atoms with Gasteiger partial charge in [-0.15, -0.1) is 0 Å². The zero-order valence-corrected chi connectivity index (χ0v) is 59.0. The Hall–Kier alpha value is -0.120. The van der Waals surface area contributed by atoms with Crippen LogP contribution in [0, 0.1) is 107 Å². The van der Waals surface area contributed by atoms with Gasteiger partial charge in [0.25, 0.3) is 0 Å². The van der Waals surface area contributed by atoms with E-state index in [0.29, 0.717) is 0 Å². The van der Waals surface area contributed by atoms with Crippen molar-refractivity contribution in [2.24, 2.45) is 107 Å². The van der Waals surface area contributed by atoms with Crippen LogP contribution in [0.25, 0.3) is 0 Å². The van der Waals surface area contributed by atoms with Gasteiger partial charge in [0.05, 0.1) is 0 Å². The molecule has 0 radical (unpaired) electrons. The molecule has 0 amide bonds. The van der Waals surface area contributed by atoms with E-state index in [4.69, 9.17) is 0 Å². The Bertz CT molecular complexity index is 1580. The van der Waals surface area contributed by atoms with Crippen LogP contribution in [0.3, 0.4) is 0 Å². The minimum atomic E-state index is 0.787. The molecule has 3 heteroatoms. The normalized spacial score (nSPS) is 48.7. The van der Waals surface area contributed by atoms with Crippen LogP contribution in [0.5, 0.6) is 0 Å². The lowest BCUT2D eigenvalue weighted by Crippen LogP contribution is -2.63. The first-order valence-corrected chi connectivity index (χ1v) is 41.8. The quantitative estimate of drug-likeness (QED) is 0.162. The van der Waals surface area contributed by atoms with Crippen molar-refractivity contribution in [1.29, 1.82) is 0 Å². The molecule has 13 aliphatic rings. The lowest BCUT2D eigenvalue weighted by Gasteiger charge is -2.58. The number of rotatable bonds is 15. The van der Waals surface area contributed by atoms with Gasteiger partial charge in [-0.3, -0.25) is 14.7 Å². The van der Waals surface area contributed by atoms with Crippen molar-refractivity contribution in [3.63, 3.8) is 0 Å². The first kappa shape index (κ1) is 65.5. The molecule has 13 aliphatic carbocycles. The molecule has 0 aliphatic heterocycles. The summed E-state index contributed by atoms with van der Waals surface area (Å²) in [5, 5.41) is 0. The first-order chi connectivity index (χ1) is 42.5. The molecule has 0 heterocycles. The van der Waals surface area contributed by atoms with E-state index in [1.54, 1.807) is 154 Å². The molecule has 498 valence electrons. The molecule has 13 rings (SSSR count). The Labute approximate surface area is 541 Å². The third-order valence-electron chi connectivity index (χ3n) is 32.2. The van der Waals surface area contributed by atoms with E-state index in [1.807, 2.05) is 0 Å². The van der Waals surface area contributed by atoms with Crippen LogP contribution < -0.4 is 0 Å². The van der Waals surface area contributed by atoms with Crippen molar-refractivity contribution >= 4 is 0 Å². The fourth-order valence-corrected chi connectivity index (χ4v) is 26.4. The van der Waals surface area contributed by atoms with Crippen LogP contribution in [0.4, 0.5) is 0 Å². The number of hydrogen-bond acceptors (Lipinski definition) is 3. The summed E-state index contributed by atoms with van der Waals surface area (Å²) in [5.74, 6) is 18.2. The molecule has 3 nitrogen and oxygen atoms in total. The Kier molecular flexibility index (Phi) is 23.5. The summed E-state index contributed by atoms with van der Waals surface area (Å²) in [6.45, 7) is 15.4. The largest absolute Gasteiger partial charge is 0.294 e. The average Bonchev–Trinajstić information content (AvgIpc) is 2.09. The molecule has 0 spiro atoms. The Balaban J connectivity index is 0.829. The third kappa shape index (κ3) is 16.4. The molecular formula is C84H147N3. The molecule has 0 N–H and O–H groups in total. The van der Waals surface area contributed by atoms with Crippen molar-refractivity contribution in [3.05, 3.63) is 0 Å². The Morgan fingerprint density at radius 3 is 0.345 bits per heavy atom. The SMILES string of the molecule is CC1CCC(C2CCC(N(C3CCC(C4CCC(C)CC4)CC3)C3CC(N(C4CCC(C5CCC(C)CC5)CC4)C4CCC(C5CCC(C)CC5)CC4)CC(N(C4CCC(C5CCC(C)CC5)CC4)C4CCC(C5CCC(C)CC5)CC4)C3)CC2)CC1. The highest BCUT2D eigenvalue weighted by atomic mass is 15.3. The van der Waals surface area contributed by atoms with Crippen LogP contribution in [0.1, 0.15) is 369 Å². The van der Waals surface area contributed by atoms with Crippen molar-refractivity contribution in [3.8, 4) is 0 Å². The molecule has 13 saturated carbocycles. The van der Waals surface area contributed by atoms with Crippen LogP contribution in [0.15, 0.2) is 0 Å². The van der Waals surface area contributed by atoms with Crippen LogP contribution in [0.2, 0.25) is 0 Å². The van der Waals surface area contributed by atoms with Gasteiger partial charge in [0, 0.05) is 54.4 Å². The highest BCUT2D eigenvalue weighted by Gasteiger charge is 2.50. The molecule has 0 bridgehead atoms. The monoisotopic (exact) mass is 1200 g/mol. The number of nitrogens with zero attached hydrogens (tertiary/aromatic N) is 3. The fraction of sp³-hybridized carbons (Fsp3) is 1.00. The zero-order valence-electron chi connectivity index (χ0n) is 59.0. The highest BCUT2D eigenvalue weighted by molar-refractivity contribution is 5.05. The van der Waals surface area contributed by atoms with Crippen molar-refractivity contribution in [2.75, 3.05) is 0 Å². The summed E-state index contributed by atoms with van der Waals surface area (Å²) in [7, 11) is 0. The van der Waals surface area contributed by atoms with Crippen molar-refractivity contribution in [1.82, 2.24) is 14.7 Å². The molecule has 0 unspecified atom stereocenters. The maximum atomic E-state index is 3.59. The second-order valence-corrected chi connectivity index (χ2v) is 37.5. The topological polar surface area (TPSA) is 9.72 Å². The van der Waals surface area contributed by atoms with E-state index in [1.165, 1.54) is 173 Å². The fourth-order valence-electron chi connectivity index (χ4n) is 26.4. The Morgan fingerprint density at radius 1 is 0.126 bits per heavy atom. The average molecular weight is 1200 g/mol. The molecule has 0 saturated heterocycles. The number of hydrogen-bond donors (Lipinski definition) is 0. The minimum absolute atomic E-state index is 0.787. The molecule has 0 atom stereocenters. The van der Waals surface area contributed by atoms with Gasteiger partial charge in [-0.25, -0.2) is 0 Å². The van der Waals surface area contributed by atoms with Gasteiger partial charge in [0.15, 0.2) is 0 Å². The van der Waals surface area contributed by atoms with Gasteiger partial charge in [-0.05, 0) is 357 Å². The van der Waals surface area contributed by atoms with Gasteiger partial charge < -0.3 is 0 Å². The van der Waals surface area contributed by atoms with Crippen LogP contribution in [-0.2, 0) is 0 Å². The highest BCUT2D eigenvalue weighted by Crippen LogP contribution is 2.53. The summed E-state index contributed by atoms with van der Waals surface area (Å²) < 4.78 is 0. The van der Waals surface area contributed by atoms with E-state index in [0.717, 1.165) is 161 Å². The summed E-state index contributed by atoms with van der Waals surface area (Å²) in [6.07, 6.45) is 78.6. The summed E-state index contributed by atoms with van der Waals surface area (Å²) in [4.78, 5) is 10.8. The summed E-state index contributed by atoms with van der Waals surface area (Å²) in [6, 6.07) is 7.43. The standard InChI is InChI=1S/C84H147N3/c1-58-7-19-64(20-8-58)70-31-43-76(44-32-70)85(77-45-33-71(34-46-77)65-21-9-59(2)10-22-65)82-55-83(86(78-47-35-72(36-48-78)66-23-11-60(3)12-24-66)79-49-37-73(38-50-79)67-25-13-61(4)14-26-67)57-84(56-82)87(80-51-39-74(40-52-80)68-27-15-62(5)16-28-68)81-53-41-75(42-54-81)69-29-17-63(6)18-30-69/h58-84H,7-57H2,1-6H3. The van der Waals surface area contributed by atoms with Crippen molar-refractivity contribution in [2.45, 2.75) is 423 Å². The smallest absolute Gasteiger partial charge is 0.0131 e. The molecule has 0 aromatic heterocycles.